The third-order valence-corrected chi connectivity index (χ3v) is 6.01. The number of hydrogen-bond donors (Lipinski definition) is 0. The number of aryl methyl sites for hydroxylation is 1. The highest BCUT2D eigenvalue weighted by Crippen LogP contribution is 2.33. The van der Waals surface area contributed by atoms with E-state index in [1.54, 1.807) is 0 Å². The standard InChI is InChI=1S/C23H20ClNS/c1-17-7-6-8-18(13-17)16-26-23-15-25(22-12-5-3-10-20(22)23)14-19-9-2-4-11-21(19)24/h2-13,15H,14,16H2,1H3. The first-order chi connectivity index (χ1) is 12.7. The summed E-state index contributed by atoms with van der Waals surface area (Å²) in [4.78, 5) is 1.31. The molecule has 0 atom stereocenters. The fourth-order valence-electron chi connectivity index (χ4n) is 3.23. The minimum atomic E-state index is 0.783. The van der Waals surface area contributed by atoms with Gasteiger partial charge in [0, 0.05) is 39.3 Å². The summed E-state index contributed by atoms with van der Waals surface area (Å²) in [5.41, 5.74) is 5.06. The third kappa shape index (κ3) is 3.67. The molecule has 0 saturated carbocycles. The van der Waals surface area contributed by atoms with Gasteiger partial charge < -0.3 is 4.57 Å². The topological polar surface area (TPSA) is 4.93 Å². The molecule has 4 aromatic rings. The van der Waals surface area contributed by atoms with Crippen LogP contribution in [0.5, 0.6) is 0 Å². The fraction of sp³-hybridized carbons (Fsp3) is 0.130. The molecule has 0 saturated heterocycles. The van der Waals surface area contributed by atoms with E-state index in [-0.39, 0.29) is 0 Å². The molecule has 1 heterocycles. The van der Waals surface area contributed by atoms with E-state index in [2.05, 4.69) is 72.3 Å². The molecule has 0 aliphatic carbocycles. The molecule has 130 valence electrons. The van der Waals surface area contributed by atoms with Gasteiger partial charge >= 0.3 is 0 Å². The average molecular weight is 378 g/mol. The van der Waals surface area contributed by atoms with Gasteiger partial charge in [-0.15, -0.1) is 11.8 Å². The van der Waals surface area contributed by atoms with E-state index >= 15 is 0 Å². The lowest BCUT2D eigenvalue weighted by Crippen LogP contribution is -1.98. The molecule has 26 heavy (non-hydrogen) atoms. The van der Waals surface area contributed by atoms with Gasteiger partial charge in [-0.3, -0.25) is 0 Å². The van der Waals surface area contributed by atoms with Crippen LogP contribution in [0.1, 0.15) is 16.7 Å². The third-order valence-electron chi connectivity index (χ3n) is 4.53. The Bertz CT molecular complexity index is 1050. The number of fused-ring (bicyclic) bond motifs is 1. The Hall–Kier alpha value is -2.16. The Morgan fingerprint density at radius 2 is 1.73 bits per heavy atom. The fourth-order valence-corrected chi connectivity index (χ4v) is 4.46. The maximum Gasteiger partial charge on any atom is 0.0495 e. The van der Waals surface area contributed by atoms with Gasteiger partial charge in [-0.25, -0.2) is 0 Å². The molecule has 0 aliphatic rings. The van der Waals surface area contributed by atoms with Crippen LogP contribution >= 0.6 is 23.4 Å². The van der Waals surface area contributed by atoms with Crippen molar-refractivity contribution < 1.29 is 0 Å². The quantitative estimate of drug-likeness (QED) is 0.341. The van der Waals surface area contributed by atoms with Crippen LogP contribution in [0.4, 0.5) is 0 Å². The SMILES string of the molecule is Cc1cccc(CSc2cn(Cc3ccccc3Cl)c3ccccc23)c1. The van der Waals surface area contributed by atoms with Crippen LogP contribution in [-0.2, 0) is 12.3 Å². The second-order valence-corrected chi connectivity index (χ2v) is 7.93. The number of rotatable bonds is 5. The van der Waals surface area contributed by atoms with Gasteiger partial charge in [0.25, 0.3) is 0 Å². The molecule has 3 aromatic carbocycles. The molecule has 0 unspecified atom stereocenters. The molecule has 0 amide bonds. The Balaban J connectivity index is 1.64. The molecule has 0 aliphatic heterocycles. The normalized spacial score (nSPS) is 11.2. The number of benzene rings is 3. The molecule has 0 N–H and O–H groups in total. The summed E-state index contributed by atoms with van der Waals surface area (Å²) < 4.78 is 2.30. The van der Waals surface area contributed by atoms with E-state index in [4.69, 9.17) is 11.6 Å². The van der Waals surface area contributed by atoms with E-state index in [0.29, 0.717) is 0 Å². The number of hydrogen-bond acceptors (Lipinski definition) is 1. The lowest BCUT2D eigenvalue weighted by atomic mass is 10.2. The molecular weight excluding hydrogens is 358 g/mol. The summed E-state index contributed by atoms with van der Waals surface area (Å²) in [5, 5.41) is 2.12. The predicted octanol–water partition coefficient (Wildman–Crippen LogP) is 6.94. The summed E-state index contributed by atoms with van der Waals surface area (Å²) in [6.07, 6.45) is 2.26. The average Bonchev–Trinajstić information content (AvgIpc) is 3.00. The van der Waals surface area contributed by atoms with Crippen molar-refractivity contribution in [2.45, 2.75) is 24.1 Å². The Morgan fingerprint density at radius 1 is 0.923 bits per heavy atom. The van der Waals surface area contributed by atoms with Crippen LogP contribution < -0.4 is 0 Å². The molecular formula is C23H20ClNS. The van der Waals surface area contributed by atoms with Crippen molar-refractivity contribution in [3.63, 3.8) is 0 Å². The molecule has 4 rings (SSSR count). The van der Waals surface area contributed by atoms with Crippen molar-refractivity contribution in [2.75, 3.05) is 0 Å². The number of halogens is 1. The number of thioether (sulfide) groups is 1. The van der Waals surface area contributed by atoms with Gasteiger partial charge in [-0.2, -0.15) is 0 Å². The van der Waals surface area contributed by atoms with Gasteiger partial charge in [0.2, 0.25) is 0 Å². The van der Waals surface area contributed by atoms with Crippen molar-refractivity contribution >= 4 is 34.3 Å². The van der Waals surface area contributed by atoms with Crippen molar-refractivity contribution in [3.8, 4) is 0 Å². The zero-order valence-electron chi connectivity index (χ0n) is 14.7. The first-order valence-electron chi connectivity index (χ1n) is 8.70. The first-order valence-corrected chi connectivity index (χ1v) is 10.1. The lowest BCUT2D eigenvalue weighted by molar-refractivity contribution is 0.830. The van der Waals surface area contributed by atoms with Crippen LogP contribution in [0.3, 0.4) is 0 Å². The summed E-state index contributed by atoms with van der Waals surface area (Å²) >= 11 is 8.26. The highest BCUT2D eigenvalue weighted by molar-refractivity contribution is 7.98. The van der Waals surface area contributed by atoms with E-state index in [0.717, 1.165) is 22.9 Å². The van der Waals surface area contributed by atoms with Crippen molar-refractivity contribution in [1.29, 1.82) is 0 Å². The Kier molecular flexibility index (Phi) is 5.05. The summed E-state index contributed by atoms with van der Waals surface area (Å²) in [5.74, 6) is 0.974. The van der Waals surface area contributed by atoms with Gasteiger partial charge in [-0.1, -0.05) is 77.8 Å². The molecule has 0 radical (unpaired) electrons. The molecule has 0 spiro atoms. The second kappa shape index (κ2) is 7.61. The Labute approximate surface area is 163 Å². The van der Waals surface area contributed by atoms with E-state index in [9.17, 15) is 0 Å². The number of para-hydroxylation sites is 1. The summed E-state index contributed by atoms with van der Waals surface area (Å²) in [6.45, 7) is 2.93. The van der Waals surface area contributed by atoms with E-state index in [1.807, 2.05) is 30.0 Å². The minimum Gasteiger partial charge on any atom is -0.342 e. The van der Waals surface area contributed by atoms with Crippen molar-refractivity contribution in [3.05, 3.63) is 101 Å². The zero-order chi connectivity index (χ0) is 17.9. The van der Waals surface area contributed by atoms with Crippen LogP contribution in [0, 0.1) is 6.92 Å². The first kappa shape index (κ1) is 17.3. The molecule has 3 heteroatoms. The summed E-state index contributed by atoms with van der Waals surface area (Å²) in [6, 6.07) is 25.4. The maximum absolute atomic E-state index is 6.37. The highest BCUT2D eigenvalue weighted by Gasteiger charge is 2.10. The van der Waals surface area contributed by atoms with E-state index < -0.39 is 0 Å². The van der Waals surface area contributed by atoms with Gasteiger partial charge in [0.15, 0.2) is 0 Å². The minimum absolute atomic E-state index is 0.783. The van der Waals surface area contributed by atoms with Crippen LogP contribution in [0.25, 0.3) is 10.9 Å². The monoisotopic (exact) mass is 377 g/mol. The van der Waals surface area contributed by atoms with Crippen LogP contribution in [0.15, 0.2) is 83.9 Å². The largest absolute Gasteiger partial charge is 0.342 e. The lowest BCUT2D eigenvalue weighted by Gasteiger charge is -2.07. The summed E-state index contributed by atoms with van der Waals surface area (Å²) in [7, 11) is 0. The zero-order valence-corrected chi connectivity index (χ0v) is 16.2. The highest BCUT2D eigenvalue weighted by atomic mass is 35.5. The van der Waals surface area contributed by atoms with Crippen molar-refractivity contribution in [1.82, 2.24) is 4.57 Å². The van der Waals surface area contributed by atoms with Gasteiger partial charge in [0.05, 0.1) is 0 Å². The predicted molar refractivity (Wildman–Crippen MR) is 113 cm³/mol. The number of aromatic nitrogens is 1. The second-order valence-electron chi connectivity index (χ2n) is 6.51. The van der Waals surface area contributed by atoms with Crippen LogP contribution in [-0.4, -0.2) is 4.57 Å². The van der Waals surface area contributed by atoms with Crippen LogP contribution in [0.2, 0.25) is 5.02 Å². The smallest absolute Gasteiger partial charge is 0.0495 e. The Morgan fingerprint density at radius 3 is 2.58 bits per heavy atom. The molecule has 0 fully saturated rings. The van der Waals surface area contributed by atoms with E-state index in [1.165, 1.54) is 26.9 Å². The van der Waals surface area contributed by atoms with Gasteiger partial charge in [-0.05, 0) is 30.2 Å². The molecule has 0 bridgehead atoms. The van der Waals surface area contributed by atoms with Gasteiger partial charge in [0.1, 0.15) is 0 Å². The molecule has 1 aromatic heterocycles. The number of nitrogens with zero attached hydrogens (tertiary/aromatic N) is 1. The van der Waals surface area contributed by atoms with Crippen molar-refractivity contribution in [2.24, 2.45) is 0 Å². The maximum atomic E-state index is 6.37. The molecule has 1 nitrogen and oxygen atoms in total.